The van der Waals surface area contributed by atoms with Gasteiger partial charge < -0.3 is 4.65 Å². The van der Waals surface area contributed by atoms with Crippen LogP contribution in [0.3, 0.4) is 0 Å². The molecule has 0 radical (unpaired) electrons. The maximum Gasteiger partial charge on any atom is 0.324 e. The molecule has 1 spiro atoms. The second kappa shape index (κ2) is 12.5. The van der Waals surface area contributed by atoms with Gasteiger partial charge in [0.1, 0.15) is 5.82 Å². The molecule has 0 saturated carbocycles. The van der Waals surface area contributed by atoms with E-state index in [1.165, 1.54) is 55.5 Å². The lowest BCUT2D eigenvalue weighted by molar-refractivity contribution is 0.000447. The molecule has 10 rings (SSSR count). The fraction of sp³-hybridized carbons (Fsp3) is 0.173. The van der Waals surface area contributed by atoms with Gasteiger partial charge in [-0.1, -0.05) is 155 Å². The summed E-state index contributed by atoms with van der Waals surface area (Å²) in [6.07, 6.45) is 0. The monoisotopic (exact) mass is 724 g/mol. The summed E-state index contributed by atoms with van der Waals surface area (Å²) < 4.78 is 9.17. The van der Waals surface area contributed by atoms with Crippen LogP contribution in [0.25, 0.3) is 61.5 Å². The number of hydrogen-bond acceptors (Lipinski definition) is 2. The van der Waals surface area contributed by atoms with Crippen LogP contribution < -0.4 is 5.46 Å². The minimum Gasteiger partial charge on any atom is -0.426 e. The zero-order valence-corrected chi connectivity index (χ0v) is 33.0. The van der Waals surface area contributed by atoms with Crippen molar-refractivity contribution in [3.63, 3.8) is 0 Å². The number of rotatable bonds is 6. The van der Waals surface area contributed by atoms with Gasteiger partial charge in [-0.15, -0.1) is 0 Å². The van der Waals surface area contributed by atoms with Gasteiger partial charge in [0.2, 0.25) is 0 Å². The smallest absolute Gasteiger partial charge is 0.324 e. The van der Waals surface area contributed by atoms with Crippen molar-refractivity contribution in [1.82, 2.24) is 9.55 Å². The third-order valence-corrected chi connectivity index (χ3v) is 12.9. The molecule has 0 unspecified atom stereocenters. The zero-order chi connectivity index (χ0) is 38.4. The van der Waals surface area contributed by atoms with Gasteiger partial charge in [0.25, 0.3) is 0 Å². The molecule has 56 heavy (non-hydrogen) atoms. The highest BCUT2D eigenvalue weighted by atomic mass is 16.5. The van der Waals surface area contributed by atoms with E-state index in [1.807, 2.05) is 0 Å². The Labute approximate surface area is 330 Å². The molecule has 272 valence electrons. The van der Waals surface area contributed by atoms with E-state index in [0.29, 0.717) is 0 Å². The van der Waals surface area contributed by atoms with E-state index in [4.69, 9.17) is 9.64 Å². The van der Waals surface area contributed by atoms with Crippen molar-refractivity contribution in [2.75, 3.05) is 0 Å². The van der Waals surface area contributed by atoms with E-state index < -0.39 is 5.41 Å². The fourth-order valence-electron chi connectivity index (χ4n) is 9.17. The highest BCUT2D eigenvalue weighted by Gasteiger charge is 2.52. The second-order valence-electron chi connectivity index (χ2n) is 17.1. The van der Waals surface area contributed by atoms with Crippen LogP contribution in [0.15, 0.2) is 164 Å². The van der Waals surface area contributed by atoms with Crippen LogP contribution in [-0.4, -0.2) is 22.1 Å². The van der Waals surface area contributed by atoms with E-state index in [-0.39, 0.29) is 17.9 Å². The molecule has 1 aromatic heterocycles. The van der Waals surface area contributed by atoms with Crippen LogP contribution in [0.2, 0.25) is 6.82 Å². The number of imidazole rings is 1. The Morgan fingerprint density at radius 3 is 1.80 bits per heavy atom. The van der Waals surface area contributed by atoms with E-state index in [9.17, 15) is 0 Å². The predicted molar refractivity (Wildman–Crippen MR) is 234 cm³/mol. The molecule has 0 fully saturated rings. The van der Waals surface area contributed by atoms with Gasteiger partial charge in [0, 0.05) is 11.3 Å². The van der Waals surface area contributed by atoms with Crippen molar-refractivity contribution in [2.45, 2.75) is 52.5 Å². The van der Waals surface area contributed by atoms with Crippen LogP contribution in [0.4, 0.5) is 0 Å². The molecule has 0 amide bonds. The summed E-state index contributed by atoms with van der Waals surface area (Å²) in [6, 6.07) is 60.1. The van der Waals surface area contributed by atoms with Gasteiger partial charge >= 0.3 is 6.92 Å². The third kappa shape index (κ3) is 5.05. The van der Waals surface area contributed by atoms with Crippen LogP contribution in [-0.2, 0) is 10.1 Å². The number of hydrogen-bond donors (Lipinski definition) is 0. The Morgan fingerprint density at radius 1 is 0.518 bits per heavy atom. The molecule has 2 aliphatic rings. The maximum atomic E-state index is 6.89. The van der Waals surface area contributed by atoms with Crippen molar-refractivity contribution in [3.05, 3.63) is 186 Å². The van der Waals surface area contributed by atoms with E-state index in [0.717, 1.165) is 33.7 Å². The molecule has 3 nitrogen and oxygen atoms in total. The molecular weight excluding hydrogens is 679 g/mol. The molecule has 7 aromatic carbocycles. The largest absolute Gasteiger partial charge is 0.426 e. The van der Waals surface area contributed by atoms with Crippen molar-refractivity contribution in [3.8, 4) is 50.5 Å². The minimum atomic E-state index is -0.470. The van der Waals surface area contributed by atoms with Gasteiger partial charge in [0.05, 0.1) is 22.0 Å². The Balaban J connectivity index is 1.16. The molecule has 2 aliphatic carbocycles. The van der Waals surface area contributed by atoms with E-state index in [1.54, 1.807) is 0 Å². The summed E-state index contributed by atoms with van der Waals surface area (Å²) in [5.41, 5.74) is 17.5. The van der Waals surface area contributed by atoms with Gasteiger partial charge in [-0.2, -0.15) is 0 Å². The lowest BCUT2D eigenvalue weighted by Crippen LogP contribution is -2.47. The average molecular weight is 725 g/mol. The highest BCUT2D eigenvalue weighted by Crippen LogP contribution is 2.63. The molecule has 4 heteroatoms. The number of aromatic nitrogens is 2. The molecule has 0 N–H and O–H groups in total. The highest BCUT2D eigenvalue weighted by molar-refractivity contribution is 6.66. The Bertz CT molecular complexity index is 2780. The summed E-state index contributed by atoms with van der Waals surface area (Å²) in [6.45, 7) is 13.3. The SMILES string of the molecule is CB(OC(C)(C)C(C)(C)C)c1ccc2c(c1)C1(c3ccccc3-c3ccccc31)c1cc(-c3cccc(-c4nc5ccccc5n4-c4ccccc4)c3)ccc1-2. The number of benzene rings is 7. The zero-order valence-electron chi connectivity index (χ0n) is 33.0. The van der Waals surface area contributed by atoms with Gasteiger partial charge in [-0.05, 0) is 117 Å². The summed E-state index contributed by atoms with van der Waals surface area (Å²) in [5, 5.41) is 0. The van der Waals surface area contributed by atoms with E-state index >= 15 is 0 Å². The first-order chi connectivity index (χ1) is 27.1. The molecule has 8 aromatic rings. The van der Waals surface area contributed by atoms with Crippen LogP contribution in [0, 0.1) is 5.41 Å². The number of nitrogens with zero attached hydrogens (tertiary/aromatic N) is 2. The van der Waals surface area contributed by atoms with Crippen LogP contribution in [0.5, 0.6) is 0 Å². The summed E-state index contributed by atoms with van der Waals surface area (Å²) in [5.74, 6) is 0.932. The van der Waals surface area contributed by atoms with Gasteiger partial charge in [0.15, 0.2) is 0 Å². The maximum absolute atomic E-state index is 6.89. The van der Waals surface area contributed by atoms with Crippen molar-refractivity contribution in [2.24, 2.45) is 5.41 Å². The van der Waals surface area contributed by atoms with Gasteiger partial charge in [-0.25, -0.2) is 4.98 Å². The van der Waals surface area contributed by atoms with E-state index in [2.05, 4.69) is 210 Å². The van der Waals surface area contributed by atoms with Crippen molar-refractivity contribution in [1.29, 1.82) is 0 Å². The Hall–Kier alpha value is -5.97. The summed E-state index contributed by atoms with van der Waals surface area (Å²) in [7, 11) is 0. The number of fused-ring (bicyclic) bond motifs is 11. The Morgan fingerprint density at radius 2 is 1.09 bits per heavy atom. The lowest BCUT2D eigenvalue weighted by atomic mass is 9.60. The molecule has 0 aliphatic heterocycles. The van der Waals surface area contributed by atoms with Crippen LogP contribution in [0.1, 0.15) is 56.9 Å². The number of para-hydroxylation sites is 3. The second-order valence-corrected chi connectivity index (χ2v) is 17.1. The molecule has 1 heterocycles. The van der Waals surface area contributed by atoms with Crippen molar-refractivity contribution < 1.29 is 4.65 Å². The first kappa shape index (κ1) is 34.5. The predicted octanol–water partition coefficient (Wildman–Crippen LogP) is 12.4. The van der Waals surface area contributed by atoms with Gasteiger partial charge in [-0.3, -0.25) is 4.57 Å². The minimum absolute atomic E-state index is 0.0132. The Kier molecular flexibility index (Phi) is 7.72. The first-order valence-electron chi connectivity index (χ1n) is 19.9. The third-order valence-electron chi connectivity index (χ3n) is 12.9. The lowest BCUT2D eigenvalue weighted by Gasteiger charge is -2.41. The molecular formula is C52H45BN2O. The quantitative estimate of drug-likeness (QED) is 0.160. The molecule has 0 saturated heterocycles. The molecule has 0 bridgehead atoms. The van der Waals surface area contributed by atoms with Crippen LogP contribution >= 0.6 is 0 Å². The summed E-state index contributed by atoms with van der Waals surface area (Å²) in [4.78, 5) is 5.20. The molecule has 0 atom stereocenters. The normalized spacial score (nSPS) is 13.8. The topological polar surface area (TPSA) is 27.1 Å². The average Bonchev–Trinajstić information content (AvgIpc) is 3.85. The van der Waals surface area contributed by atoms with Crippen molar-refractivity contribution >= 4 is 23.4 Å². The fourth-order valence-corrected chi connectivity index (χ4v) is 9.17. The summed E-state index contributed by atoms with van der Waals surface area (Å²) >= 11 is 0. The standard InChI is InChI=1S/C52H45BN2O/c1-50(2,3)51(4,5)56-53(6)37-28-30-42-41-29-27-35(32-45(41)52(46(42)33-37)43-23-12-10-21-39(43)40-22-11-13-24-44(40)52)34-17-16-18-36(31-34)49-54-47-25-14-15-26-48(47)55(49)38-19-8-7-9-20-38/h7-33H,1-6H3. The first-order valence-corrected chi connectivity index (χ1v) is 19.9.